The molecule has 0 bridgehead atoms. The molecule has 2 atom stereocenters. The zero-order valence-electron chi connectivity index (χ0n) is 24.5. The van der Waals surface area contributed by atoms with E-state index in [1.165, 1.54) is 43.0 Å². The lowest BCUT2D eigenvalue weighted by Gasteiger charge is -2.31. The van der Waals surface area contributed by atoms with Gasteiger partial charge in [0.05, 0.1) is 34.7 Å². The van der Waals surface area contributed by atoms with E-state index in [-0.39, 0.29) is 43.3 Å². The van der Waals surface area contributed by atoms with Gasteiger partial charge in [0.25, 0.3) is 17.5 Å². The van der Waals surface area contributed by atoms with E-state index < -0.39 is 40.5 Å². The summed E-state index contributed by atoms with van der Waals surface area (Å²) < 4.78 is 10.9. The van der Waals surface area contributed by atoms with Crippen LogP contribution in [0.25, 0.3) is 0 Å². The molecule has 0 fully saturated rings. The number of allylic oxidation sites excluding steroid dienone is 1. The van der Waals surface area contributed by atoms with Crippen LogP contribution in [0.5, 0.6) is 0 Å². The van der Waals surface area contributed by atoms with Crippen LogP contribution in [0, 0.1) is 16.0 Å². The summed E-state index contributed by atoms with van der Waals surface area (Å²) >= 11 is 0. The number of esters is 2. The normalized spacial score (nSPS) is 15.8. The molecule has 0 saturated heterocycles. The Bertz CT molecular complexity index is 1640. The van der Waals surface area contributed by atoms with Crippen LogP contribution in [0.3, 0.4) is 0 Å². The highest BCUT2D eigenvalue weighted by Crippen LogP contribution is 2.41. The topological polar surface area (TPSA) is 192 Å². The van der Waals surface area contributed by atoms with Crippen LogP contribution in [0.4, 0.5) is 5.69 Å². The molecule has 14 heteroatoms. The molecule has 2 unspecified atom stereocenters. The minimum Gasteiger partial charge on any atom is -0.463 e. The molecule has 45 heavy (non-hydrogen) atoms. The lowest BCUT2D eigenvalue weighted by atomic mass is 9.75. The fourth-order valence-electron chi connectivity index (χ4n) is 4.79. The van der Waals surface area contributed by atoms with Crippen molar-refractivity contribution in [1.82, 2.24) is 20.6 Å². The maximum atomic E-state index is 13.5. The van der Waals surface area contributed by atoms with Crippen LogP contribution in [-0.4, -0.2) is 70.7 Å². The monoisotopic (exact) mass is 614 g/mol. The fraction of sp³-hybridized carbons (Fsp3) is 0.258. The van der Waals surface area contributed by atoms with Crippen molar-refractivity contribution in [3.8, 4) is 0 Å². The third-order valence-electron chi connectivity index (χ3n) is 6.84. The number of rotatable bonds is 12. The number of nitrogens with zero attached hydrogens (tertiary/aromatic N) is 4. The number of non-ortho nitro benzene ring substituents is 1. The Morgan fingerprint density at radius 1 is 0.867 bits per heavy atom. The molecule has 3 heterocycles. The third kappa shape index (κ3) is 8.19. The molecule has 1 aliphatic heterocycles. The molecule has 0 aliphatic carbocycles. The minimum atomic E-state index is -1.13. The summed E-state index contributed by atoms with van der Waals surface area (Å²) in [6.07, 6.45) is 5.87. The van der Waals surface area contributed by atoms with Gasteiger partial charge in [-0.1, -0.05) is 12.1 Å². The summed E-state index contributed by atoms with van der Waals surface area (Å²) in [7, 11) is 0. The maximum absolute atomic E-state index is 13.5. The second-order valence-corrected chi connectivity index (χ2v) is 9.86. The van der Waals surface area contributed by atoms with Crippen LogP contribution in [-0.2, 0) is 19.1 Å². The van der Waals surface area contributed by atoms with Crippen molar-refractivity contribution in [2.24, 2.45) is 10.9 Å². The van der Waals surface area contributed by atoms with E-state index in [0.717, 1.165) is 0 Å². The van der Waals surface area contributed by atoms with Gasteiger partial charge in [0.1, 0.15) is 19.1 Å². The average molecular weight is 615 g/mol. The molecule has 2 amide bonds. The number of aromatic nitrogens is 2. The molecule has 3 aromatic rings. The number of hydrogen-bond acceptors (Lipinski definition) is 11. The Balaban J connectivity index is 1.49. The number of pyridine rings is 2. The van der Waals surface area contributed by atoms with Gasteiger partial charge in [-0.05, 0) is 43.7 Å². The summed E-state index contributed by atoms with van der Waals surface area (Å²) in [4.78, 5) is 74.7. The van der Waals surface area contributed by atoms with Gasteiger partial charge in [-0.3, -0.25) is 39.5 Å². The van der Waals surface area contributed by atoms with E-state index in [0.29, 0.717) is 22.4 Å². The Labute approximate surface area is 257 Å². The number of nitro groups is 1. The number of aliphatic imine (C=N–C) groups is 1. The highest BCUT2D eigenvalue weighted by molar-refractivity contribution is 6.07. The van der Waals surface area contributed by atoms with Crippen molar-refractivity contribution in [3.05, 3.63) is 111 Å². The first-order valence-electron chi connectivity index (χ1n) is 13.9. The number of carbonyl (C=O) groups excluding carboxylic acids is 4. The molecule has 2 aromatic heterocycles. The van der Waals surface area contributed by atoms with Crippen molar-refractivity contribution in [3.63, 3.8) is 0 Å². The number of nitro benzene ring substituents is 1. The van der Waals surface area contributed by atoms with Crippen molar-refractivity contribution >= 4 is 35.2 Å². The molecule has 14 nitrogen and oxygen atoms in total. The van der Waals surface area contributed by atoms with E-state index in [9.17, 15) is 29.3 Å². The number of ether oxygens (including phenoxy) is 2. The van der Waals surface area contributed by atoms with Crippen LogP contribution < -0.4 is 10.6 Å². The first-order chi connectivity index (χ1) is 21.7. The summed E-state index contributed by atoms with van der Waals surface area (Å²) in [5, 5.41) is 16.8. The Kier molecular flexibility index (Phi) is 10.8. The van der Waals surface area contributed by atoms with Gasteiger partial charge in [-0.15, -0.1) is 0 Å². The lowest BCUT2D eigenvalue weighted by molar-refractivity contribution is -0.384. The predicted molar refractivity (Wildman–Crippen MR) is 160 cm³/mol. The van der Waals surface area contributed by atoms with Gasteiger partial charge in [0.2, 0.25) is 0 Å². The largest absolute Gasteiger partial charge is 0.463 e. The van der Waals surface area contributed by atoms with Crippen LogP contribution in [0.2, 0.25) is 0 Å². The zero-order valence-corrected chi connectivity index (χ0v) is 24.5. The second kappa shape index (κ2) is 15.1. The highest BCUT2D eigenvalue weighted by atomic mass is 16.6. The first-order valence-corrected chi connectivity index (χ1v) is 13.9. The van der Waals surface area contributed by atoms with Crippen molar-refractivity contribution < 1.29 is 33.6 Å². The standard InChI is InChI=1S/C31H30N6O8/c1-19-25(30(40)44-14-12-34-28(38)22-7-4-10-32-17-22)27(21-6-3-9-24(16-21)37(42)43)26(20(2)36-19)31(41)45-15-13-35-29(39)23-8-5-11-33-18-23/h3-11,16-18,25,27H,12-15H2,1-2H3,(H,34,38)(H,35,39). The van der Waals surface area contributed by atoms with Crippen LogP contribution >= 0.6 is 0 Å². The number of nitrogens with one attached hydrogen (secondary N) is 2. The van der Waals surface area contributed by atoms with E-state index in [4.69, 9.17) is 9.47 Å². The smallest absolute Gasteiger partial charge is 0.336 e. The quantitative estimate of drug-likeness (QED) is 0.133. The SMILES string of the molecule is CC1=NC(C)=C(C(=O)OCCNC(=O)c2cccnc2)C(c2cccc([N+](=O)[O-])c2)C1C(=O)OCCNC(=O)c1cccnc1. The number of carbonyl (C=O) groups is 4. The summed E-state index contributed by atoms with van der Waals surface area (Å²) in [5.41, 5.74) is 1.36. The van der Waals surface area contributed by atoms with Crippen LogP contribution in [0.1, 0.15) is 46.0 Å². The zero-order chi connectivity index (χ0) is 32.3. The molecule has 0 spiro atoms. The van der Waals surface area contributed by atoms with E-state index in [1.54, 1.807) is 44.2 Å². The summed E-state index contributed by atoms with van der Waals surface area (Å²) in [5.74, 6) is -4.51. The average Bonchev–Trinajstić information content (AvgIpc) is 3.05. The van der Waals surface area contributed by atoms with Gasteiger partial charge in [-0.25, -0.2) is 4.79 Å². The number of benzene rings is 1. The molecule has 1 aliphatic rings. The van der Waals surface area contributed by atoms with E-state index in [2.05, 4.69) is 25.6 Å². The Morgan fingerprint density at radius 3 is 2.02 bits per heavy atom. The lowest BCUT2D eigenvalue weighted by Crippen LogP contribution is -2.38. The molecule has 0 saturated carbocycles. The van der Waals surface area contributed by atoms with E-state index in [1.807, 2.05) is 0 Å². The summed E-state index contributed by atoms with van der Waals surface area (Å²) in [6, 6.07) is 12.0. The molecule has 4 rings (SSSR count). The maximum Gasteiger partial charge on any atom is 0.336 e. The molecular formula is C31H30N6O8. The predicted octanol–water partition coefficient (Wildman–Crippen LogP) is 2.78. The molecular weight excluding hydrogens is 584 g/mol. The molecule has 232 valence electrons. The molecule has 2 N–H and O–H groups in total. The Morgan fingerprint density at radius 2 is 1.47 bits per heavy atom. The van der Waals surface area contributed by atoms with Crippen molar-refractivity contribution in [2.45, 2.75) is 19.8 Å². The van der Waals surface area contributed by atoms with Gasteiger partial charge >= 0.3 is 11.9 Å². The minimum absolute atomic E-state index is 0.00160. The van der Waals surface area contributed by atoms with Gasteiger partial charge < -0.3 is 20.1 Å². The van der Waals surface area contributed by atoms with Gasteiger partial charge in [0, 0.05) is 54.2 Å². The van der Waals surface area contributed by atoms with Crippen molar-refractivity contribution in [2.75, 3.05) is 26.3 Å². The highest BCUT2D eigenvalue weighted by Gasteiger charge is 2.43. The second-order valence-electron chi connectivity index (χ2n) is 9.86. The first kappa shape index (κ1) is 32.1. The fourth-order valence-corrected chi connectivity index (χ4v) is 4.79. The molecule has 0 radical (unpaired) electrons. The number of hydrogen-bond donors (Lipinski definition) is 2. The van der Waals surface area contributed by atoms with Gasteiger partial charge in [-0.2, -0.15) is 0 Å². The third-order valence-corrected chi connectivity index (χ3v) is 6.84. The summed E-state index contributed by atoms with van der Waals surface area (Å²) in [6.45, 7) is 2.78. The van der Waals surface area contributed by atoms with Crippen LogP contribution in [0.15, 0.2) is 89.6 Å². The number of amides is 2. The Hall–Kier alpha value is -5.79. The van der Waals surface area contributed by atoms with E-state index >= 15 is 0 Å². The molecule has 1 aromatic carbocycles. The van der Waals surface area contributed by atoms with Crippen molar-refractivity contribution in [1.29, 1.82) is 0 Å². The van der Waals surface area contributed by atoms with Gasteiger partial charge in [0.15, 0.2) is 0 Å².